The van der Waals surface area contributed by atoms with Crippen molar-refractivity contribution in [2.45, 2.75) is 78.1 Å². The number of hydrogen-bond acceptors (Lipinski definition) is 2. The molecular weight excluding hydrogens is 226 g/mol. The molecule has 1 nitrogen and oxygen atoms in total. The Morgan fingerprint density at radius 2 is 1.29 bits per heavy atom. The standard InChI is InChI=1S/C12H26.C3H5NS/c1-3-5-7-9-11-12-10-8-6-4-2;1-2-5-3-4-1/h3-12H2,1-2H3;3H,1-2H2. The fourth-order valence-corrected chi connectivity index (χ4v) is 2.35. The summed E-state index contributed by atoms with van der Waals surface area (Å²) in [4.78, 5) is 3.92. The van der Waals surface area contributed by atoms with Crippen LogP contribution >= 0.6 is 11.8 Å². The summed E-state index contributed by atoms with van der Waals surface area (Å²) >= 11 is 1.78. The summed E-state index contributed by atoms with van der Waals surface area (Å²) in [7, 11) is 0. The van der Waals surface area contributed by atoms with Crippen LogP contribution in [0.15, 0.2) is 4.99 Å². The van der Waals surface area contributed by atoms with E-state index in [-0.39, 0.29) is 0 Å². The SMILES string of the molecule is C1=NCCS1.CCCCCCCCCCCC. The maximum Gasteiger partial charge on any atom is 0.0542 e. The third-order valence-corrected chi connectivity index (χ3v) is 3.66. The number of hydrogen-bond donors (Lipinski definition) is 0. The van der Waals surface area contributed by atoms with Crippen molar-refractivity contribution in [1.82, 2.24) is 0 Å². The lowest BCUT2D eigenvalue weighted by molar-refractivity contribution is 0.562. The van der Waals surface area contributed by atoms with Crippen LogP contribution in [0.3, 0.4) is 0 Å². The third kappa shape index (κ3) is 16.0. The number of unbranched alkanes of at least 4 members (excludes halogenated alkanes) is 9. The van der Waals surface area contributed by atoms with Crippen LogP contribution in [-0.4, -0.2) is 17.8 Å². The van der Waals surface area contributed by atoms with Gasteiger partial charge in [0.05, 0.1) is 5.55 Å². The quantitative estimate of drug-likeness (QED) is 0.483. The molecule has 0 amide bonds. The van der Waals surface area contributed by atoms with E-state index in [2.05, 4.69) is 18.8 Å². The molecule has 0 aromatic heterocycles. The fraction of sp³-hybridized carbons (Fsp3) is 0.933. The van der Waals surface area contributed by atoms with E-state index in [1.807, 2.05) is 5.55 Å². The van der Waals surface area contributed by atoms with E-state index in [4.69, 9.17) is 0 Å². The van der Waals surface area contributed by atoms with E-state index in [0.29, 0.717) is 0 Å². The Balaban J connectivity index is 0.000000419. The predicted octanol–water partition coefficient (Wildman–Crippen LogP) is 5.69. The summed E-state index contributed by atoms with van der Waals surface area (Å²) < 4.78 is 0. The van der Waals surface area contributed by atoms with Gasteiger partial charge in [0, 0.05) is 12.3 Å². The van der Waals surface area contributed by atoms with Gasteiger partial charge in [-0.25, -0.2) is 0 Å². The summed E-state index contributed by atoms with van der Waals surface area (Å²) in [5.41, 5.74) is 1.90. The van der Waals surface area contributed by atoms with Crippen molar-refractivity contribution in [3.63, 3.8) is 0 Å². The minimum Gasteiger partial charge on any atom is -0.285 e. The highest BCUT2D eigenvalue weighted by molar-refractivity contribution is 8.12. The first-order valence-electron chi connectivity index (χ1n) is 7.51. The van der Waals surface area contributed by atoms with Crippen molar-refractivity contribution >= 4 is 17.3 Å². The Kier molecular flexibility index (Phi) is 16.0. The van der Waals surface area contributed by atoms with Crippen molar-refractivity contribution in [3.8, 4) is 0 Å². The highest BCUT2D eigenvalue weighted by atomic mass is 32.2. The summed E-state index contributed by atoms with van der Waals surface area (Å²) in [6.45, 7) is 5.59. The summed E-state index contributed by atoms with van der Waals surface area (Å²) in [6, 6.07) is 0. The molecular formula is C15H31NS. The maximum atomic E-state index is 3.92. The molecule has 0 radical (unpaired) electrons. The zero-order valence-electron chi connectivity index (χ0n) is 11.9. The van der Waals surface area contributed by atoms with Crippen molar-refractivity contribution in [2.75, 3.05) is 12.3 Å². The predicted molar refractivity (Wildman–Crippen MR) is 83.3 cm³/mol. The Hall–Kier alpha value is 0.0200. The van der Waals surface area contributed by atoms with Gasteiger partial charge in [-0.2, -0.15) is 0 Å². The van der Waals surface area contributed by atoms with E-state index in [9.17, 15) is 0 Å². The molecule has 1 aliphatic rings. The molecule has 0 aliphatic carbocycles. The molecule has 0 saturated carbocycles. The van der Waals surface area contributed by atoms with Crippen LogP contribution in [0.4, 0.5) is 0 Å². The molecule has 0 unspecified atom stereocenters. The van der Waals surface area contributed by atoms with Crippen LogP contribution in [0, 0.1) is 0 Å². The Morgan fingerprint density at radius 3 is 1.53 bits per heavy atom. The van der Waals surface area contributed by atoms with Gasteiger partial charge in [0.2, 0.25) is 0 Å². The zero-order chi connectivity index (χ0) is 12.6. The topological polar surface area (TPSA) is 12.4 Å². The molecule has 1 rings (SSSR count). The lowest BCUT2D eigenvalue weighted by atomic mass is 10.1. The van der Waals surface area contributed by atoms with E-state index >= 15 is 0 Å². The molecule has 2 heteroatoms. The smallest absolute Gasteiger partial charge is 0.0542 e. The van der Waals surface area contributed by atoms with Crippen LogP contribution in [0.2, 0.25) is 0 Å². The Bertz CT molecular complexity index is 141. The van der Waals surface area contributed by atoms with Crippen molar-refractivity contribution in [1.29, 1.82) is 0 Å². The lowest BCUT2D eigenvalue weighted by Gasteiger charge is -1.99. The van der Waals surface area contributed by atoms with Gasteiger partial charge in [-0.05, 0) is 0 Å². The van der Waals surface area contributed by atoms with Gasteiger partial charge in [0.15, 0.2) is 0 Å². The zero-order valence-corrected chi connectivity index (χ0v) is 12.7. The normalized spacial score (nSPS) is 13.5. The van der Waals surface area contributed by atoms with Gasteiger partial charge in [-0.1, -0.05) is 78.1 Å². The first kappa shape index (κ1) is 17.0. The van der Waals surface area contributed by atoms with Gasteiger partial charge in [0.25, 0.3) is 0 Å². The van der Waals surface area contributed by atoms with Crippen LogP contribution < -0.4 is 0 Å². The Morgan fingerprint density at radius 1 is 0.824 bits per heavy atom. The number of nitrogens with zero attached hydrogens (tertiary/aromatic N) is 1. The highest BCUT2D eigenvalue weighted by Crippen LogP contribution is 2.09. The average Bonchev–Trinajstić information content (AvgIpc) is 2.92. The second-order valence-corrected chi connectivity index (χ2v) is 5.66. The third-order valence-electron chi connectivity index (χ3n) is 2.94. The summed E-state index contributed by atoms with van der Waals surface area (Å²) in [5.74, 6) is 1.19. The minimum atomic E-state index is 1.03. The first-order chi connectivity index (χ1) is 8.41. The number of rotatable bonds is 9. The van der Waals surface area contributed by atoms with Gasteiger partial charge < -0.3 is 0 Å². The molecule has 0 atom stereocenters. The largest absolute Gasteiger partial charge is 0.285 e. The van der Waals surface area contributed by atoms with Gasteiger partial charge in [-0.15, -0.1) is 11.8 Å². The summed E-state index contributed by atoms with van der Waals surface area (Å²) in [5, 5.41) is 0. The van der Waals surface area contributed by atoms with E-state index < -0.39 is 0 Å². The lowest BCUT2D eigenvalue weighted by Crippen LogP contribution is -1.80. The van der Waals surface area contributed by atoms with Gasteiger partial charge in [0.1, 0.15) is 0 Å². The van der Waals surface area contributed by atoms with E-state index in [1.165, 1.54) is 70.0 Å². The molecule has 102 valence electrons. The second-order valence-electron chi connectivity index (χ2n) is 4.71. The molecule has 0 N–H and O–H groups in total. The van der Waals surface area contributed by atoms with E-state index in [0.717, 1.165) is 6.54 Å². The molecule has 1 aliphatic heterocycles. The average molecular weight is 257 g/mol. The van der Waals surface area contributed by atoms with Gasteiger partial charge >= 0.3 is 0 Å². The first-order valence-corrected chi connectivity index (χ1v) is 8.56. The molecule has 0 saturated heterocycles. The second kappa shape index (κ2) is 16.0. The molecule has 0 aromatic carbocycles. The van der Waals surface area contributed by atoms with Crippen molar-refractivity contribution in [2.24, 2.45) is 4.99 Å². The molecule has 0 spiro atoms. The molecule has 0 aromatic rings. The Labute approximate surface area is 113 Å². The minimum absolute atomic E-state index is 1.03. The van der Waals surface area contributed by atoms with Crippen LogP contribution in [0.5, 0.6) is 0 Å². The number of thioether (sulfide) groups is 1. The van der Waals surface area contributed by atoms with Crippen molar-refractivity contribution in [3.05, 3.63) is 0 Å². The van der Waals surface area contributed by atoms with Crippen LogP contribution in [0.25, 0.3) is 0 Å². The maximum absolute atomic E-state index is 3.92. The molecule has 1 heterocycles. The summed E-state index contributed by atoms with van der Waals surface area (Å²) in [6.07, 6.45) is 14.4. The van der Waals surface area contributed by atoms with Gasteiger partial charge in [-0.3, -0.25) is 4.99 Å². The van der Waals surface area contributed by atoms with Crippen LogP contribution in [-0.2, 0) is 0 Å². The molecule has 0 fully saturated rings. The fourth-order valence-electron chi connectivity index (χ4n) is 1.82. The highest BCUT2D eigenvalue weighted by Gasteiger charge is 1.90. The van der Waals surface area contributed by atoms with Crippen LogP contribution in [0.1, 0.15) is 78.1 Å². The number of aliphatic imine (C=N–C) groups is 1. The van der Waals surface area contributed by atoms with Crippen molar-refractivity contribution < 1.29 is 0 Å². The molecule has 0 bridgehead atoms. The van der Waals surface area contributed by atoms with E-state index in [1.54, 1.807) is 11.8 Å². The molecule has 17 heavy (non-hydrogen) atoms. The monoisotopic (exact) mass is 257 g/mol.